The van der Waals surface area contributed by atoms with Gasteiger partial charge in [-0.05, 0) is 35.9 Å². The van der Waals surface area contributed by atoms with Gasteiger partial charge in [-0.3, -0.25) is 4.72 Å². The molecule has 0 fully saturated rings. The lowest BCUT2D eigenvalue weighted by atomic mass is 10.2. The van der Waals surface area contributed by atoms with Gasteiger partial charge >= 0.3 is 0 Å². The molecule has 0 spiro atoms. The lowest BCUT2D eigenvalue weighted by Crippen LogP contribution is -2.15. The van der Waals surface area contributed by atoms with E-state index in [1.807, 2.05) is 0 Å². The minimum absolute atomic E-state index is 0.0776. The van der Waals surface area contributed by atoms with Gasteiger partial charge in [0.05, 0.1) is 5.75 Å². The van der Waals surface area contributed by atoms with Gasteiger partial charge in [-0.2, -0.15) is 0 Å². The van der Waals surface area contributed by atoms with Crippen molar-refractivity contribution in [3.05, 3.63) is 58.9 Å². The summed E-state index contributed by atoms with van der Waals surface area (Å²) >= 11 is 5.58. The SMILES string of the molecule is NS(=O)(=O)Cc1ccc(NS(=O)(=O)c2ccc(Cl)cc2F)cc1. The summed E-state index contributed by atoms with van der Waals surface area (Å²) in [5, 5.41) is 5.00. The van der Waals surface area contributed by atoms with Crippen LogP contribution in [0.1, 0.15) is 5.56 Å². The molecule has 0 heterocycles. The van der Waals surface area contributed by atoms with E-state index in [9.17, 15) is 21.2 Å². The van der Waals surface area contributed by atoms with Gasteiger partial charge in [-0.25, -0.2) is 26.4 Å². The molecule has 0 saturated carbocycles. The average Bonchev–Trinajstić information content (AvgIpc) is 2.38. The van der Waals surface area contributed by atoms with E-state index in [0.717, 1.165) is 12.1 Å². The summed E-state index contributed by atoms with van der Waals surface area (Å²) in [7, 11) is -7.81. The molecule has 23 heavy (non-hydrogen) atoms. The van der Waals surface area contributed by atoms with Crippen molar-refractivity contribution in [3.63, 3.8) is 0 Å². The highest BCUT2D eigenvalue weighted by Crippen LogP contribution is 2.22. The number of benzene rings is 2. The van der Waals surface area contributed by atoms with E-state index >= 15 is 0 Å². The minimum Gasteiger partial charge on any atom is -0.280 e. The molecule has 2 aromatic carbocycles. The van der Waals surface area contributed by atoms with Crippen LogP contribution in [0.5, 0.6) is 0 Å². The molecule has 0 aliphatic rings. The Kier molecular flexibility index (Phi) is 4.95. The Morgan fingerprint density at radius 2 is 1.65 bits per heavy atom. The topological polar surface area (TPSA) is 106 Å². The number of hydrogen-bond acceptors (Lipinski definition) is 4. The van der Waals surface area contributed by atoms with Gasteiger partial charge in [0.2, 0.25) is 10.0 Å². The quantitative estimate of drug-likeness (QED) is 0.830. The minimum atomic E-state index is -4.14. The van der Waals surface area contributed by atoms with Crippen LogP contribution >= 0.6 is 11.6 Å². The zero-order chi connectivity index (χ0) is 17.3. The van der Waals surface area contributed by atoms with Crippen molar-refractivity contribution < 1.29 is 21.2 Å². The molecule has 2 aromatic rings. The van der Waals surface area contributed by atoms with Crippen LogP contribution in [0.2, 0.25) is 5.02 Å². The van der Waals surface area contributed by atoms with E-state index in [1.165, 1.54) is 30.3 Å². The highest BCUT2D eigenvalue weighted by Gasteiger charge is 2.19. The molecule has 0 aliphatic heterocycles. The van der Waals surface area contributed by atoms with Crippen LogP contribution in [0.4, 0.5) is 10.1 Å². The summed E-state index contributed by atoms with van der Waals surface area (Å²) < 4.78 is 62.1. The molecule has 0 aliphatic carbocycles. The van der Waals surface area contributed by atoms with Gasteiger partial charge < -0.3 is 0 Å². The predicted octanol–water partition coefficient (Wildman–Crippen LogP) is 2.07. The van der Waals surface area contributed by atoms with E-state index in [1.54, 1.807) is 0 Å². The second-order valence-electron chi connectivity index (χ2n) is 4.68. The Hall–Kier alpha value is -1.68. The lowest BCUT2D eigenvalue weighted by molar-refractivity contribution is 0.570. The van der Waals surface area contributed by atoms with Crippen molar-refractivity contribution in [2.45, 2.75) is 10.6 Å². The molecule has 0 amide bonds. The number of hydrogen-bond donors (Lipinski definition) is 2. The summed E-state index contributed by atoms with van der Waals surface area (Å²) in [5.74, 6) is -1.35. The van der Waals surface area contributed by atoms with E-state index in [4.69, 9.17) is 16.7 Å². The number of sulfonamides is 2. The number of nitrogens with two attached hydrogens (primary N) is 1. The zero-order valence-corrected chi connectivity index (χ0v) is 13.9. The van der Waals surface area contributed by atoms with E-state index in [2.05, 4.69) is 4.72 Å². The smallest absolute Gasteiger partial charge is 0.264 e. The number of rotatable bonds is 5. The second kappa shape index (κ2) is 6.44. The fraction of sp³-hybridized carbons (Fsp3) is 0.0769. The molecule has 124 valence electrons. The van der Waals surface area contributed by atoms with Gasteiger partial charge in [-0.15, -0.1) is 0 Å². The molecular formula is C13H12ClFN2O4S2. The van der Waals surface area contributed by atoms with Crippen molar-refractivity contribution in [2.24, 2.45) is 5.14 Å². The molecule has 2 rings (SSSR count). The molecule has 0 radical (unpaired) electrons. The Labute approximate surface area is 138 Å². The van der Waals surface area contributed by atoms with Gasteiger partial charge in [0.15, 0.2) is 0 Å². The van der Waals surface area contributed by atoms with Crippen LogP contribution in [0.3, 0.4) is 0 Å². The number of nitrogens with one attached hydrogen (secondary N) is 1. The third-order valence-corrected chi connectivity index (χ3v) is 5.14. The van der Waals surface area contributed by atoms with Gasteiger partial charge in [-0.1, -0.05) is 23.7 Å². The highest BCUT2D eigenvalue weighted by atomic mass is 35.5. The Bertz CT molecular complexity index is 929. The molecular weight excluding hydrogens is 367 g/mol. The summed E-state index contributed by atoms with van der Waals surface area (Å²) in [5.41, 5.74) is 0.547. The third-order valence-electron chi connectivity index (χ3n) is 2.76. The summed E-state index contributed by atoms with van der Waals surface area (Å²) in [4.78, 5) is -0.546. The Morgan fingerprint density at radius 3 is 2.17 bits per heavy atom. The first-order chi connectivity index (χ1) is 10.6. The first-order valence-electron chi connectivity index (χ1n) is 6.14. The van der Waals surface area contributed by atoms with Crippen molar-refractivity contribution in [3.8, 4) is 0 Å². The molecule has 6 nitrogen and oxygen atoms in total. The third kappa shape index (κ3) is 4.90. The van der Waals surface area contributed by atoms with Crippen LogP contribution in [0.25, 0.3) is 0 Å². The maximum atomic E-state index is 13.7. The van der Waals surface area contributed by atoms with E-state index in [0.29, 0.717) is 5.56 Å². The first-order valence-corrected chi connectivity index (χ1v) is 9.72. The van der Waals surface area contributed by atoms with Crippen molar-refractivity contribution in [1.29, 1.82) is 0 Å². The van der Waals surface area contributed by atoms with Crippen LogP contribution < -0.4 is 9.86 Å². The van der Waals surface area contributed by atoms with Crippen LogP contribution in [0, 0.1) is 5.82 Å². The molecule has 0 unspecified atom stereocenters. The number of halogens is 2. The Balaban J connectivity index is 2.24. The molecule has 0 bridgehead atoms. The fourth-order valence-corrected chi connectivity index (χ4v) is 3.74. The summed E-state index contributed by atoms with van der Waals surface area (Å²) in [6, 6.07) is 8.72. The monoisotopic (exact) mass is 378 g/mol. The number of anilines is 1. The van der Waals surface area contributed by atoms with Crippen LogP contribution in [0.15, 0.2) is 47.4 Å². The standard InChI is InChI=1S/C13H12ClFN2O4S2/c14-10-3-6-13(12(15)7-10)23(20,21)17-11-4-1-9(2-5-11)8-22(16,18)19/h1-7,17H,8H2,(H2,16,18,19). The largest absolute Gasteiger partial charge is 0.280 e. The lowest BCUT2D eigenvalue weighted by Gasteiger charge is -2.09. The summed E-state index contributed by atoms with van der Waals surface area (Å²) in [6.45, 7) is 0. The Morgan fingerprint density at radius 1 is 1.04 bits per heavy atom. The molecule has 10 heteroatoms. The maximum absolute atomic E-state index is 13.7. The van der Waals surface area contributed by atoms with Gasteiger partial charge in [0.25, 0.3) is 10.0 Å². The van der Waals surface area contributed by atoms with Crippen molar-refractivity contribution in [2.75, 3.05) is 4.72 Å². The molecule has 3 N–H and O–H groups in total. The maximum Gasteiger partial charge on any atom is 0.264 e. The predicted molar refractivity (Wildman–Crippen MR) is 85.5 cm³/mol. The second-order valence-corrected chi connectivity index (χ2v) is 8.39. The highest BCUT2D eigenvalue weighted by molar-refractivity contribution is 7.92. The molecule has 0 saturated heterocycles. The van der Waals surface area contributed by atoms with Crippen LogP contribution in [-0.4, -0.2) is 16.8 Å². The van der Waals surface area contributed by atoms with Gasteiger partial charge in [0.1, 0.15) is 10.7 Å². The van der Waals surface area contributed by atoms with Gasteiger partial charge in [0, 0.05) is 10.7 Å². The number of primary sulfonamides is 1. The average molecular weight is 379 g/mol. The van der Waals surface area contributed by atoms with Crippen molar-refractivity contribution in [1.82, 2.24) is 0 Å². The van der Waals surface area contributed by atoms with Crippen LogP contribution in [-0.2, 0) is 25.8 Å². The van der Waals surface area contributed by atoms with E-state index in [-0.39, 0.29) is 16.5 Å². The zero-order valence-electron chi connectivity index (χ0n) is 11.5. The molecule has 0 atom stereocenters. The van der Waals surface area contributed by atoms with E-state index < -0.39 is 30.8 Å². The van der Waals surface area contributed by atoms with Crippen molar-refractivity contribution >= 4 is 37.3 Å². The summed E-state index contributed by atoms with van der Waals surface area (Å²) in [6.07, 6.45) is 0. The molecule has 0 aromatic heterocycles. The first kappa shape index (κ1) is 17.7. The normalized spacial score (nSPS) is 12.1. The fourth-order valence-electron chi connectivity index (χ4n) is 1.80.